The van der Waals surface area contributed by atoms with E-state index in [-0.39, 0.29) is 0 Å². The summed E-state index contributed by atoms with van der Waals surface area (Å²) in [6.07, 6.45) is 5.63. The highest BCUT2D eigenvalue weighted by Gasteiger charge is 2.06. The van der Waals surface area contributed by atoms with E-state index in [1.54, 1.807) is 0 Å². The maximum atomic E-state index is 4.42. The highest BCUT2D eigenvalue weighted by atomic mass is 15.3. The summed E-state index contributed by atoms with van der Waals surface area (Å²) in [4.78, 5) is 4.17. The fraction of sp³-hybridized carbons (Fsp3) is 0.385. The van der Waals surface area contributed by atoms with E-state index < -0.39 is 0 Å². The molecule has 4 heteroatoms. The van der Waals surface area contributed by atoms with Gasteiger partial charge in [0.25, 0.3) is 0 Å². The molecule has 2 rings (SSSR count). The van der Waals surface area contributed by atoms with Crippen LogP contribution < -0.4 is 5.32 Å². The molecule has 0 aliphatic heterocycles. The van der Waals surface area contributed by atoms with Gasteiger partial charge >= 0.3 is 0 Å². The second kappa shape index (κ2) is 5.10. The average molecular weight is 230 g/mol. The molecule has 0 bridgehead atoms. The zero-order valence-electron chi connectivity index (χ0n) is 10.5. The van der Waals surface area contributed by atoms with Gasteiger partial charge in [0.2, 0.25) is 0 Å². The van der Waals surface area contributed by atoms with Gasteiger partial charge in [0, 0.05) is 25.0 Å². The maximum absolute atomic E-state index is 4.42. The van der Waals surface area contributed by atoms with E-state index in [1.807, 2.05) is 42.3 Å². The minimum absolute atomic E-state index is 0.468. The van der Waals surface area contributed by atoms with Gasteiger partial charge in [0.1, 0.15) is 0 Å². The van der Waals surface area contributed by atoms with Crippen molar-refractivity contribution in [3.05, 3.63) is 42.0 Å². The molecule has 0 aliphatic rings. The molecule has 0 atom stereocenters. The topological polar surface area (TPSA) is 42.7 Å². The largest absolute Gasteiger partial charge is 0.310 e. The standard InChI is InChI=1S/C13H18N4/c1-10(2)15-8-12-4-6-14-9-13(12)17-7-5-11(3)16-17/h4-7,9-10,15H,8H2,1-3H3. The Morgan fingerprint density at radius 3 is 2.82 bits per heavy atom. The van der Waals surface area contributed by atoms with Gasteiger partial charge < -0.3 is 5.32 Å². The first kappa shape index (κ1) is 11.8. The van der Waals surface area contributed by atoms with Crippen molar-refractivity contribution >= 4 is 0 Å². The van der Waals surface area contributed by atoms with E-state index in [0.717, 1.165) is 17.9 Å². The zero-order valence-corrected chi connectivity index (χ0v) is 10.5. The summed E-state index contributed by atoms with van der Waals surface area (Å²) in [5.41, 5.74) is 3.25. The fourth-order valence-electron chi connectivity index (χ4n) is 1.63. The van der Waals surface area contributed by atoms with Crippen molar-refractivity contribution in [2.75, 3.05) is 0 Å². The molecule has 0 radical (unpaired) electrons. The lowest BCUT2D eigenvalue weighted by atomic mass is 10.2. The Labute approximate surface area is 102 Å². The van der Waals surface area contributed by atoms with Crippen LogP contribution in [0.15, 0.2) is 30.7 Å². The smallest absolute Gasteiger partial charge is 0.0873 e. The van der Waals surface area contributed by atoms with Gasteiger partial charge in [-0.3, -0.25) is 4.98 Å². The van der Waals surface area contributed by atoms with Crippen LogP contribution in [0, 0.1) is 6.92 Å². The number of hydrogen-bond donors (Lipinski definition) is 1. The third-order valence-electron chi connectivity index (χ3n) is 2.56. The number of rotatable bonds is 4. The van der Waals surface area contributed by atoms with Crippen molar-refractivity contribution in [1.82, 2.24) is 20.1 Å². The van der Waals surface area contributed by atoms with Crippen LogP contribution in [-0.4, -0.2) is 20.8 Å². The molecule has 0 aromatic carbocycles. The molecule has 1 N–H and O–H groups in total. The van der Waals surface area contributed by atoms with E-state index in [0.29, 0.717) is 6.04 Å². The summed E-state index contributed by atoms with van der Waals surface area (Å²) < 4.78 is 1.87. The molecule has 0 spiro atoms. The SMILES string of the molecule is Cc1ccn(-c2cnccc2CNC(C)C)n1. The molecule has 90 valence electrons. The molecule has 2 heterocycles. The molecule has 2 aromatic rings. The van der Waals surface area contributed by atoms with Crippen LogP contribution in [0.1, 0.15) is 25.1 Å². The minimum atomic E-state index is 0.468. The van der Waals surface area contributed by atoms with E-state index in [9.17, 15) is 0 Å². The van der Waals surface area contributed by atoms with E-state index in [4.69, 9.17) is 0 Å². The summed E-state index contributed by atoms with van der Waals surface area (Å²) in [5.74, 6) is 0. The van der Waals surface area contributed by atoms with Gasteiger partial charge in [-0.05, 0) is 24.6 Å². The van der Waals surface area contributed by atoms with Crippen LogP contribution in [0.3, 0.4) is 0 Å². The van der Waals surface area contributed by atoms with Gasteiger partial charge in [0.15, 0.2) is 0 Å². The number of aryl methyl sites for hydroxylation is 1. The van der Waals surface area contributed by atoms with E-state index in [2.05, 4.69) is 29.2 Å². The van der Waals surface area contributed by atoms with Gasteiger partial charge in [-0.2, -0.15) is 5.10 Å². The molecular weight excluding hydrogens is 212 g/mol. The zero-order chi connectivity index (χ0) is 12.3. The lowest BCUT2D eigenvalue weighted by molar-refractivity contribution is 0.586. The summed E-state index contributed by atoms with van der Waals surface area (Å²) in [5, 5.41) is 7.83. The Hall–Kier alpha value is -1.68. The van der Waals surface area contributed by atoms with Crippen LogP contribution >= 0.6 is 0 Å². The van der Waals surface area contributed by atoms with E-state index >= 15 is 0 Å². The van der Waals surface area contributed by atoms with Crippen molar-refractivity contribution < 1.29 is 0 Å². The molecule has 0 aliphatic carbocycles. The second-order valence-electron chi connectivity index (χ2n) is 4.44. The lowest BCUT2D eigenvalue weighted by Gasteiger charge is -2.12. The van der Waals surface area contributed by atoms with Gasteiger partial charge in [-0.1, -0.05) is 13.8 Å². The van der Waals surface area contributed by atoms with E-state index in [1.165, 1.54) is 5.56 Å². The first-order valence-electron chi connectivity index (χ1n) is 5.85. The summed E-state index contributed by atoms with van der Waals surface area (Å²) in [7, 11) is 0. The highest BCUT2D eigenvalue weighted by molar-refractivity contribution is 5.37. The van der Waals surface area contributed by atoms with Gasteiger partial charge in [0.05, 0.1) is 17.6 Å². The molecule has 0 saturated heterocycles. The normalized spacial score (nSPS) is 11.1. The molecule has 2 aromatic heterocycles. The number of pyridine rings is 1. The lowest BCUT2D eigenvalue weighted by Crippen LogP contribution is -2.22. The molecule has 0 unspecified atom stereocenters. The maximum Gasteiger partial charge on any atom is 0.0873 e. The Bertz CT molecular complexity index is 488. The summed E-state index contributed by atoms with van der Waals surface area (Å²) in [6, 6.07) is 4.49. The van der Waals surface area contributed by atoms with Crippen molar-refractivity contribution in [1.29, 1.82) is 0 Å². The molecule has 17 heavy (non-hydrogen) atoms. The number of nitrogens with one attached hydrogen (secondary N) is 1. The number of aromatic nitrogens is 3. The van der Waals surface area contributed by atoms with Crippen LogP contribution in [0.25, 0.3) is 5.69 Å². The van der Waals surface area contributed by atoms with Crippen molar-refractivity contribution in [3.63, 3.8) is 0 Å². The Balaban J connectivity index is 2.27. The fourth-order valence-corrected chi connectivity index (χ4v) is 1.63. The predicted octanol–water partition coefficient (Wildman–Crippen LogP) is 2.07. The van der Waals surface area contributed by atoms with Crippen molar-refractivity contribution in [2.24, 2.45) is 0 Å². The molecule has 0 amide bonds. The third kappa shape index (κ3) is 2.91. The van der Waals surface area contributed by atoms with Crippen LogP contribution in [0.5, 0.6) is 0 Å². The Morgan fingerprint density at radius 1 is 1.35 bits per heavy atom. The van der Waals surface area contributed by atoms with Crippen LogP contribution in [0.2, 0.25) is 0 Å². The van der Waals surface area contributed by atoms with Crippen LogP contribution in [0.4, 0.5) is 0 Å². The molecule has 0 saturated carbocycles. The number of nitrogens with zero attached hydrogens (tertiary/aromatic N) is 3. The quantitative estimate of drug-likeness (QED) is 0.874. The monoisotopic (exact) mass is 230 g/mol. The van der Waals surface area contributed by atoms with Crippen molar-refractivity contribution in [2.45, 2.75) is 33.4 Å². The first-order chi connectivity index (χ1) is 8.16. The number of hydrogen-bond acceptors (Lipinski definition) is 3. The average Bonchev–Trinajstić information content (AvgIpc) is 2.73. The Kier molecular flexibility index (Phi) is 3.54. The first-order valence-corrected chi connectivity index (χ1v) is 5.85. The van der Waals surface area contributed by atoms with Crippen molar-refractivity contribution in [3.8, 4) is 5.69 Å². The minimum Gasteiger partial charge on any atom is -0.310 e. The van der Waals surface area contributed by atoms with Gasteiger partial charge in [-0.15, -0.1) is 0 Å². The predicted molar refractivity (Wildman–Crippen MR) is 68.1 cm³/mol. The van der Waals surface area contributed by atoms with Gasteiger partial charge in [-0.25, -0.2) is 4.68 Å². The second-order valence-corrected chi connectivity index (χ2v) is 4.44. The van der Waals surface area contributed by atoms with Crippen LogP contribution in [-0.2, 0) is 6.54 Å². The molecular formula is C13H18N4. The summed E-state index contributed by atoms with van der Waals surface area (Å²) >= 11 is 0. The summed E-state index contributed by atoms with van der Waals surface area (Å²) in [6.45, 7) is 7.09. The highest BCUT2D eigenvalue weighted by Crippen LogP contribution is 2.12. The molecule has 0 fully saturated rings. The Morgan fingerprint density at radius 2 is 2.18 bits per heavy atom. The third-order valence-corrected chi connectivity index (χ3v) is 2.56. The molecule has 4 nitrogen and oxygen atoms in total.